The van der Waals surface area contributed by atoms with Gasteiger partial charge >= 0.3 is 0 Å². The van der Waals surface area contributed by atoms with Crippen molar-refractivity contribution in [2.75, 3.05) is 5.73 Å². The monoisotopic (exact) mass is 271 g/mol. The van der Waals surface area contributed by atoms with Gasteiger partial charge in [-0.25, -0.2) is 4.68 Å². The van der Waals surface area contributed by atoms with Gasteiger partial charge in [-0.3, -0.25) is 0 Å². The lowest BCUT2D eigenvalue weighted by Gasteiger charge is -2.41. The molecule has 1 fully saturated rings. The number of rotatable bonds is 3. The maximum Gasteiger partial charge on any atom is 0.182 e. The molecule has 0 atom stereocenters. The fraction of sp³-hybridized carbons (Fsp3) is 0.533. The highest BCUT2D eigenvalue weighted by atomic mass is 15.6. The van der Waals surface area contributed by atoms with Crippen LogP contribution in [0.4, 0.5) is 5.69 Å². The van der Waals surface area contributed by atoms with Crippen molar-refractivity contribution in [3.05, 3.63) is 23.3 Å². The molecule has 20 heavy (non-hydrogen) atoms. The molecule has 2 N–H and O–H groups in total. The van der Waals surface area contributed by atoms with Gasteiger partial charge in [-0.2, -0.15) is 0 Å². The molecule has 0 unspecified atom stereocenters. The molecule has 0 aliphatic heterocycles. The Kier molecular flexibility index (Phi) is 3.00. The van der Waals surface area contributed by atoms with Crippen LogP contribution < -0.4 is 5.73 Å². The van der Waals surface area contributed by atoms with Crippen molar-refractivity contribution in [3.8, 4) is 11.4 Å². The van der Waals surface area contributed by atoms with Crippen LogP contribution in [0.1, 0.15) is 43.7 Å². The van der Waals surface area contributed by atoms with Crippen LogP contribution in [0.15, 0.2) is 12.1 Å². The van der Waals surface area contributed by atoms with Crippen molar-refractivity contribution in [2.24, 2.45) is 0 Å². The Balaban J connectivity index is 2.13. The second-order valence-electron chi connectivity index (χ2n) is 5.87. The molecule has 0 saturated heterocycles. The number of tetrazole rings is 1. The number of benzene rings is 1. The third-order valence-corrected chi connectivity index (χ3v) is 4.72. The Morgan fingerprint density at radius 2 is 2.00 bits per heavy atom. The topological polar surface area (TPSA) is 69.6 Å². The van der Waals surface area contributed by atoms with Gasteiger partial charge in [-0.15, -0.1) is 5.10 Å². The lowest BCUT2D eigenvalue weighted by atomic mass is 9.75. The molecule has 1 aliphatic rings. The molecule has 0 amide bonds. The summed E-state index contributed by atoms with van der Waals surface area (Å²) < 4.78 is 2.02. The maximum atomic E-state index is 6.06. The Morgan fingerprint density at radius 1 is 1.25 bits per heavy atom. The largest absolute Gasteiger partial charge is 0.398 e. The second-order valence-corrected chi connectivity index (χ2v) is 5.87. The first-order chi connectivity index (χ1) is 9.57. The number of nitrogens with two attached hydrogens (primary N) is 1. The van der Waals surface area contributed by atoms with Gasteiger partial charge in [0.15, 0.2) is 5.82 Å². The predicted molar refractivity (Wildman–Crippen MR) is 79.3 cm³/mol. The minimum atomic E-state index is 0.102. The Bertz CT molecular complexity index is 634. The van der Waals surface area contributed by atoms with E-state index in [2.05, 4.69) is 35.4 Å². The zero-order valence-electron chi connectivity index (χ0n) is 12.3. The van der Waals surface area contributed by atoms with E-state index in [1.54, 1.807) is 0 Å². The van der Waals surface area contributed by atoms with Crippen molar-refractivity contribution in [3.63, 3.8) is 0 Å². The SMILES string of the molecule is CCC1(n2nnnc2-c2cc(N)c(C)cc2C)CCC1. The van der Waals surface area contributed by atoms with Crippen LogP contribution in [0.3, 0.4) is 0 Å². The van der Waals surface area contributed by atoms with Gasteiger partial charge < -0.3 is 5.73 Å². The van der Waals surface area contributed by atoms with Crippen molar-refractivity contribution >= 4 is 5.69 Å². The van der Waals surface area contributed by atoms with Crippen molar-refractivity contribution < 1.29 is 0 Å². The van der Waals surface area contributed by atoms with Gasteiger partial charge in [0, 0.05) is 11.3 Å². The fourth-order valence-electron chi connectivity index (χ4n) is 3.08. The van der Waals surface area contributed by atoms with Crippen molar-refractivity contribution in [1.82, 2.24) is 20.2 Å². The number of nitrogens with zero attached hydrogens (tertiary/aromatic N) is 4. The molecule has 5 heteroatoms. The van der Waals surface area contributed by atoms with Crippen LogP contribution in [0.5, 0.6) is 0 Å². The summed E-state index contributed by atoms with van der Waals surface area (Å²) >= 11 is 0. The summed E-state index contributed by atoms with van der Waals surface area (Å²) in [5, 5.41) is 12.4. The average Bonchev–Trinajstić information content (AvgIpc) is 2.83. The van der Waals surface area contributed by atoms with Crippen LogP contribution in [0, 0.1) is 13.8 Å². The molecule has 0 radical (unpaired) electrons. The first-order valence-electron chi connectivity index (χ1n) is 7.23. The predicted octanol–water partition coefficient (Wildman–Crippen LogP) is 2.83. The molecule has 0 bridgehead atoms. The molecule has 1 saturated carbocycles. The number of nitrogen functional groups attached to an aromatic ring is 1. The van der Waals surface area contributed by atoms with E-state index in [9.17, 15) is 0 Å². The summed E-state index contributed by atoms with van der Waals surface area (Å²) in [7, 11) is 0. The van der Waals surface area contributed by atoms with E-state index in [1.807, 2.05) is 17.7 Å². The zero-order chi connectivity index (χ0) is 14.3. The summed E-state index contributed by atoms with van der Waals surface area (Å²) in [5.41, 5.74) is 10.3. The van der Waals surface area contributed by atoms with E-state index in [0.717, 1.165) is 41.9 Å². The lowest BCUT2D eigenvalue weighted by Crippen LogP contribution is -2.41. The summed E-state index contributed by atoms with van der Waals surface area (Å²) in [5.74, 6) is 0.843. The van der Waals surface area contributed by atoms with Gasteiger partial charge in [0.05, 0.1) is 5.54 Å². The summed E-state index contributed by atoms with van der Waals surface area (Å²) in [6.45, 7) is 6.32. The first kappa shape index (κ1) is 13.1. The number of anilines is 1. The molecular weight excluding hydrogens is 250 g/mol. The lowest BCUT2D eigenvalue weighted by molar-refractivity contribution is 0.118. The molecule has 0 spiro atoms. The fourth-order valence-corrected chi connectivity index (χ4v) is 3.08. The molecular formula is C15H21N5. The zero-order valence-corrected chi connectivity index (χ0v) is 12.3. The third kappa shape index (κ3) is 1.80. The summed E-state index contributed by atoms with van der Waals surface area (Å²) in [6.07, 6.45) is 4.62. The van der Waals surface area contributed by atoms with Crippen LogP contribution in [0.2, 0.25) is 0 Å². The molecule has 1 aromatic carbocycles. The molecule has 1 aliphatic carbocycles. The van der Waals surface area contributed by atoms with Crippen molar-refractivity contribution in [2.45, 2.75) is 52.0 Å². The van der Waals surface area contributed by atoms with Crippen LogP contribution >= 0.6 is 0 Å². The van der Waals surface area contributed by atoms with E-state index in [-0.39, 0.29) is 5.54 Å². The highest BCUT2D eigenvalue weighted by Gasteiger charge is 2.40. The second kappa shape index (κ2) is 4.58. The van der Waals surface area contributed by atoms with Crippen molar-refractivity contribution in [1.29, 1.82) is 0 Å². The molecule has 5 nitrogen and oxygen atoms in total. The number of hydrogen-bond donors (Lipinski definition) is 1. The van der Waals surface area contributed by atoms with Crippen LogP contribution in [-0.4, -0.2) is 20.2 Å². The maximum absolute atomic E-state index is 6.06. The van der Waals surface area contributed by atoms with Gasteiger partial charge in [-0.1, -0.05) is 13.0 Å². The van der Waals surface area contributed by atoms with Crippen LogP contribution in [-0.2, 0) is 5.54 Å². The first-order valence-corrected chi connectivity index (χ1v) is 7.23. The minimum Gasteiger partial charge on any atom is -0.398 e. The van der Waals surface area contributed by atoms with E-state index in [0.29, 0.717) is 0 Å². The number of aryl methyl sites for hydroxylation is 2. The highest BCUT2D eigenvalue weighted by molar-refractivity contribution is 5.67. The van der Waals surface area contributed by atoms with E-state index in [1.165, 1.54) is 12.0 Å². The molecule has 106 valence electrons. The van der Waals surface area contributed by atoms with E-state index >= 15 is 0 Å². The van der Waals surface area contributed by atoms with E-state index in [4.69, 9.17) is 5.73 Å². The van der Waals surface area contributed by atoms with E-state index < -0.39 is 0 Å². The molecule has 2 aromatic rings. The molecule has 3 rings (SSSR count). The van der Waals surface area contributed by atoms with Gasteiger partial charge in [0.1, 0.15) is 0 Å². The van der Waals surface area contributed by atoms with Gasteiger partial charge in [0.25, 0.3) is 0 Å². The Labute approximate surface area is 119 Å². The van der Waals surface area contributed by atoms with Crippen LogP contribution in [0.25, 0.3) is 11.4 Å². The normalized spacial score (nSPS) is 16.9. The molecule has 1 aromatic heterocycles. The smallest absolute Gasteiger partial charge is 0.182 e. The quantitative estimate of drug-likeness (QED) is 0.871. The Morgan fingerprint density at radius 3 is 2.60 bits per heavy atom. The third-order valence-electron chi connectivity index (χ3n) is 4.72. The minimum absolute atomic E-state index is 0.102. The standard InChI is InChI=1S/C15H21N5/c1-4-15(6-5-7-15)20-14(17-18-19-20)12-9-13(16)11(3)8-10(12)2/h8-9H,4-7,16H2,1-3H3. The summed E-state index contributed by atoms with van der Waals surface area (Å²) in [4.78, 5) is 0. The van der Waals surface area contributed by atoms with Gasteiger partial charge in [0.2, 0.25) is 0 Å². The van der Waals surface area contributed by atoms with Gasteiger partial charge in [-0.05, 0) is 67.2 Å². The number of hydrogen-bond acceptors (Lipinski definition) is 4. The Hall–Kier alpha value is -1.91. The summed E-state index contributed by atoms with van der Waals surface area (Å²) in [6, 6.07) is 4.10. The molecule has 1 heterocycles. The highest BCUT2D eigenvalue weighted by Crippen LogP contribution is 2.43. The number of aromatic nitrogens is 4. The average molecular weight is 271 g/mol.